The van der Waals surface area contributed by atoms with E-state index in [4.69, 9.17) is 0 Å². The second-order valence-corrected chi connectivity index (χ2v) is 4.64. The highest BCUT2D eigenvalue weighted by molar-refractivity contribution is 4.99. The summed E-state index contributed by atoms with van der Waals surface area (Å²) in [5.41, 5.74) is 0.840. The molecule has 12 heavy (non-hydrogen) atoms. The zero-order chi connectivity index (χ0) is 8.60. The maximum Gasteiger partial charge on any atom is 0.00978 e. The molecule has 70 valence electrons. The van der Waals surface area contributed by atoms with E-state index in [1.807, 2.05) is 0 Å². The molecule has 0 bridgehead atoms. The molecular formula is C11H21N. The van der Waals surface area contributed by atoms with Gasteiger partial charge in [0, 0.05) is 6.04 Å². The molecule has 0 N–H and O–H groups in total. The monoisotopic (exact) mass is 167 g/mol. The van der Waals surface area contributed by atoms with Gasteiger partial charge < -0.3 is 4.90 Å². The third-order valence-corrected chi connectivity index (χ3v) is 3.95. The molecule has 2 fully saturated rings. The van der Waals surface area contributed by atoms with Crippen LogP contribution >= 0.6 is 0 Å². The van der Waals surface area contributed by atoms with Crippen molar-refractivity contribution in [1.82, 2.24) is 4.90 Å². The van der Waals surface area contributed by atoms with E-state index in [2.05, 4.69) is 18.7 Å². The number of hydrogen-bond donors (Lipinski definition) is 0. The van der Waals surface area contributed by atoms with Crippen molar-refractivity contribution in [1.29, 1.82) is 0 Å². The SMILES string of the molecule is CCC1CC2(CCN1CC)CC2. The highest BCUT2D eigenvalue weighted by Crippen LogP contribution is 2.55. The zero-order valence-corrected chi connectivity index (χ0v) is 8.47. The molecule has 1 heterocycles. The van der Waals surface area contributed by atoms with Gasteiger partial charge in [0.1, 0.15) is 0 Å². The molecule has 1 spiro atoms. The summed E-state index contributed by atoms with van der Waals surface area (Å²) in [5, 5.41) is 0. The van der Waals surface area contributed by atoms with Crippen molar-refractivity contribution in [3.8, 4) is 0 Å². The van der Waals surface area contributed by atoms with Crippen LogP contribution in [-0.4, -0.2) is 24.0 Å². The van der Waals surface area contributed by atoms with Gasteiger partial charge >= 0.3 is 0 Å². The first kappa shape index (κ1) is 8.55. The Morgan fingerprint density at radius 1 is 1.25 bits per heavy atom. The molecule has 1 aliphatic carbocycles. The zero-order valence-electron chi connectivity index (χ0n) is 8.47. The van der Waals surface area contributed by atoms with Gasteiger partial charge in [-0.1, -0.05) is 13.8 Å². The Morgan fingerprint density at radius 3 is 2.50 bits per heavy atom. The van der Waals surface area contributed by atoms with Crippen molar-refractivity contribution < 1.29 is 0 Å². The minimum Gasteiger partial charge on any atom is -0.301 e. The lowest BCUT2D eigenvalue weighted by atomic mass is 9.87. The van der Waals surface area contributed by atoms with Gasteiger partial charge in [-0.25, -0.2) is 0 Å². The first-order valence-electron chi connectivity index (χ1n) is 5.54. The van der Waals surface area contributed by atoms with Crippen LogP contribution < -0.4 is 0 Å². The molecule has 0 radical (unpaired) electrons. The van der Waals surface area contributed by atoms with E-state index in [0.29, 0.717) is 0 Å². The van der Waals surface area contributed by atoms with Crippen LogP contribution in [-0.2, 0) is 0 Å². The van der Waals surface area contributed by atoms with Crippen molar-refractivity contribution in [2.75, 3.05) is 13.1 Å². The van der Waals surface area contributed by atoms with E-state index in [0.717, 1.165) is 11.5 Å². The third-order valence-electron chi connectivity index (χ3n) is 3.95. The van der Waals surface area contributed by atoms with E-state index in [1.165, 1.54) is 45.2 Å². The smallest absolute Gasteiger partial charge is 0.00978 e. The molecule has 2 aliphatic rings. The lowest BCUT2D eigenvalue weighted by Gasteiger charge is -2.39. The number of piperidine rings is 1. The number of rotatable bonds is 2. The van der Waals surface area contributed by atoms with Crippen molar-refractivity contribution in [3.05, 3.63) is 0 Å². The fraction of sp³-hybridized carbons (Fsp3) is 1.00. The van der Waals surface area contributed by atoms with Gasteiger partial charge in [-0.15, -0.1) is 0 Å². The van der Waals surface area contributed by atoms with Gasteiger partial charge in [-0.2, -0.15) is 0 Å². The number of nitrogens with zero attached hydrogens (tertiary/aromatic N) is 1. The molecule has 0 amide bonds. The van der Waals surface area contributed by atoms with Crippen LogP contribution in [0, 0.1) is 5.41 Å². The summed E-state index contributed by atoms with van der Waals surface area (Å²) in [6, 6.07) is 0.909. The Kier molecular flexibility index (Phi) is 2.16. The Bertz CT molecular complexity index is 160. The highest BCUT2D eigenvalue weighted by Gasteiger charge is 2.46. The van der Waals surface area contributed by atoms with Crippen molar-refractivity contribution in [2.45, 2.75) is 52.0 Å². The first-order chi connectivity index (χ1) is 5.79. The fourth-order valence-electron chi connectivity index (χ4n) is 2.74. The van der Waals surface area contributed by atoms with Crippen LogP contribution in [0.15, 0.2) is 0 Å². The van der Waals surface area contributed by atoms with Gasteiger partial charge in [0.15, 0.2) is 0 Å². The minimum absolute atomic E-state index is 0.840. The van der Waals surface area contributed by atoms with E-state index >= 15 is 0 Å². The molecule has 1 atom stereocenters. The summed E-state index contributed by atoms with van der Waals surface area (Å²) in [4.78, 5) is 2.67. The lowest BCUT2D eigenvalue weighted by Crippen LogP contribution is -2.42. The maximum absolute atomic E-state index is 2.67. The van der Waals surface area contributed by atoms with Crippen LogP contribution in [0.4, 0.5) is 0 Å². The number of likely N-dealkylation sites (tertiary alicyclic amines) is 1. The Morgan fingerprint density at radius 2 is 2.00 bits per heavy atom. The summed E-state index contributed by atoms with van der Waals surface area (Å²) in [6.07, 6.45) is 7.40. The second kappa shape index (κ2) is 3.02. The second-order valence-electron chi connectivity index (χ2n) is 4.64. The largest absolute Gasteiger partial charge is 0.301 e. The summed E-state index contributed by atoms with van der Waals surface area (Å²) in [5.74, 6) is 0. The fourth-order valence-corrected chi connectivity index (χ4v) is 2.74. The average Bonchev–Trinajstić information content (AvgIpc) is 2.85. The average molecular weight is 167 g/mol. The molecule has 0 aromatic rings. The molecule has 1 nitrogen and oxygen atoms in total. The molecule has 0 aromatic heterocycles. The first-order valence-corrected chi connectivity index (χ1v) is 5.54. The van der Waals surface area contributed by atoms with Gasteiger partial charge in [-0.05, 0) is 50.6 Å². The lowest BCUT2D eigenvalue weighted by molar-refractivity contribution is 0.104. The van der Waals surface area contributed by atoms with Crippen molar-refractivity contribution >= 4 is 0 Å². The summed E-state index contributed by atoms with van der Waals surface area (Å²) in [7, 11) is 0. The molecular weight excluding hydrogens is 146 g/mol. The molecule has 1 saturated carbocycles. The molecule has 1 saturated heterocycles. The highest BCUT2D eigenvalue weighted by atomic mass is 15.2. The topological polar surface area (TPSA) is 3.24 Å². The Hall–Kier alpha value is -0.0400. The van der Waals surface area contributed by atoms with Gasteiger partial charge in [0.05, 0.1) is 0 Å². The summed E-state index contributed by atoms with van der Waals surface area (Å²) in [6.45, 7) is 7.27. The van der Waals surface area contributed by atoms with Crippen molar-refractivity contribution in [3.63, 3.8) is 0 Å². The van der Waals surface area contributed by atoms with Crippen LogP contribution in [0.1, 0.15) is 46.0 Å². The molecule has 1 aliphatic heterocycles. The van der Waals surface area contributed by atoms with Gasteiger partial charge in [0.2, 0.25) is 0 Å². The van der Waals surface area contributed by atoms with Crippen LogP contribution in [0.5, 0.6) is 0 Å². The number of hydrogen-bond acceptors (Lipinski definition) is 1. The van der Waals surface area contributed by atoms with E-state index in [9.17, 15) is 0 Å². The Balaban J connectivity index is 1.95. The van der Waals surface area contributed by atoms with Crippen LogP contribution in [0.3, 0.4) is 0 Å². The van der Waals surface area contributed by atoms with Crippen LogP contribution in [0.2, 0.25) is 0 Å². The quantitative estimate of drug-likeness (QED) is 0.611. The minimum atomic E-state index is 0.840. The normalized spacial score (nSPS) is 34.0. The summed E-state index contributed by atoms with van der Waals surface area (Å²) >= 11 is 0. The summed E-state index contributed by atoms with van der Waals surface area (Å²) < 4.78 is 0. The molecule has 2 rings (SSSR count). The predicted molar refractivity (Wildman–Crippen MR) is 52.2 cm³/mol. The van der Waals surface area contributed by atoms with E-state index < -0.39 is 0 Å². The third kappa shape index (κ3) is 1.39. The Labute approximate surface area is 76.1 Å². The predicted octanol–water partition coefficient (Wildman–Crippen LogP) is 2.66. The van der Waals surface area contributed by atoms with Gasteiger partial charge in [0.25, 0.3) is 0 Å². The van der Waals surface area contributed by atoms with Crippen molar-refractivity contribution in [2.24, 2.45) is 5.41 Å². The maximum atomic E-state index is 2.67. The molecule has 0 aromatic carbocycles. The van der Waals surface area contributed by atoms with E-state index in [1.54, 1.807) is 0 Å². The standard InChI is InChI=1S/C11H21N/c1-3-10-9-11(5-6-11)7-8-12(10)4-2/h10H,3-9H2,1-2H3. The van der Waals surface area contributed by atoms with Gasteiger partial charge in [-0.3, -0.25) is 0 Å². The molecule has 1 heteroatoms. The molecule has 1 unspecified atom stereocenters. The van der Waals surface area contributed by atoms with Crippen LogP contribution in [0.25, 0.3) is 0 Å². The van der Waals surface area contributed by atoms with E-state index in [-0.39, 0.29) is 0 Å².